The maximum absolute atomic E-state index is 5.61. The van der Waals surface area contributed by atoms with E-state index >= 15 is 0 Å². The van der Waals surface area contributed by atoms with E-state index in [-0.39, 0.29) is 0 Å². The van der Waals surface area contributed by atoms with Gasteiger partial charge in [-0.2, -0.15) is 0 Å². The molecule has 0 unspecified atom stereocenters. The van der Waals surface area contributed by atoms with Gasteiger partial charge in [0.15, 0.2) is 0 Å². The fraction of sp³-hybridized carbons (Fsp3) is 0.133. The minimum Gasteiger partial charge on any atom is -0.497 e. The summed E-state index contributed by atoms with van der Waals surface area (Å²) < 4.78 is 5.13. The second-order valence-corrected chi connectivity index (χ2v) is 4.69. The van der Waals surface area contributed by atoms with Gasteiger partial charge in [0.2, 0.25) is 0 Å². The van der Waals surface area contributed by atoms with E-state index in [0.717, 1.165) is 28.3 Å². The molecule has 2 rings (SSSR count). The number of hydrogen-bond acceptors (Lipinski definition) is 3. The van der Waals surface area contributed by atoms with Gasteiger partial charge in [-0.15, -0.1) is 0 Å². The van der Waals surface area contributed by atoms with Crippen LogP contribution >= 0.6 is 12.2 Å². The van der Waals surface area contributed by atoms with Crippen LogP contribution in [0.2, 0.25) is 0 Å². The molecule has 0 saturated heterocycles. The third-order valence-electron chi connectivity index (χ3n) is 2.88. The lowest BCUT2D eigenvalue weighted by molar-refractivity contribution is 0.415. The third kappa shape index (κ3) is 3.23. The van der Waals surface area contributed by atoms with Crippen molar-refractivity contribution < 1.29 is 4.74 Å². The van der Waals surface area contributed by atoms with E-state index in [1.165, 1.54) is 0 Å². The molecule has 0 aromatic heterocycles. The Labute approximate surface area is 118 Å². The number of aryl methyl sites for hydroxylation is 1. The van der Waals surface area contributed by atoms with Gasteiger partial charge in [0.05, 0.1) is 7.11 Å². The first-order valence-electron chi connectivity index (χ1n) is 5.91. The molecule has 2 aromatic rings. The van der Waals surface area contributed by atoms with Gasteiger partial charge in [-0.05, 0) is 55.0 Å². The molecule has 0 bridgehead atoms. The number of benzene rings is 2. The quantitative estimate of drug-likeness (QED) is 0.838. The first-order valence-corrected chi connectivity index (χ1v) is 6.32. The highest BCUT2D eigenvalue weighted by Crippen LogP contribution is 2.23. The Bertz CT molecular complexity index is 594. The third-order valence-corrected chi connectivity index (χ3v) is 3.12. The van der Waals surface area contributed by atoms with Crippen molar-refractivity contribution in [3.05, 3.63) is 53.6 Å². The highest BCUT2D eigenvalue weighted by atomic mass is 32.1. The summed E-state index contributed by atoms with van der Waals surface area (Å²) in [4.78, 5) is 0.416. The second kappa shape index (κ2) is 5.71. The Kier molecular flexibility index (Phi) is 4.02. The lowest BCUT2D eigenvalue weighted by atomic mass is 10.1. The Morgan fingerprint density at radius 1 is 1.16 bits per heavy atom. The van der Waals surface area contributed by atoms with Crippen molar-refractivity contribution in [2.45, 2.75) is 6.92 Å². The summed E-state index contributed by atoms with van der Waals surface area (Å²) in [5, 5.41) is 3.35. The average molecular weight is 272 g/mol. The molecule has 0 fully saturated rings. The largest absolute Gasteiger partial charge is 0.497 e. The van der Waals surface area contributed by atoms with Crippen LogP contribution in [0.25, 0.3) is 0 Å². The van der Waals surface area contributed by atoms with Crippen LogP contribution in [-0.2, 0) is 0 Å². The Balaban J connectivity index is 2.20. The van der Waals surface area contributed by atoms with Crippen LogP contribution < -0.4 is 15.8 Å². The molecule has 0 aliphatic heterocycles. The molecule has 4 heteroatoms. The first kappa shape index (κ1) is 13.4. The predicted molar refractivity (Wildman–Crippen MR) is 83.3 cm³/mol. The van der Waals surface area contributed by atoms with E-state index in [0.29, 0.717) is 4.99 Å². The first-order chi connectivity index (χ1) is 9.10. The van der Waals surface area contributed by atoms with E-state index in [1.807, 2.05) is 49.4 Å². The Hall–Kier alpha value is -2.07. The maximum Gasteiger partial charge on any atom is 0.119 e. The zero-order valence-corrected chi connectivity index (χ0v) is 11.8. The van der Waals surface area contributed by atoms with Crippen molar-refractivity contribution in [2.75, 3.05) is 12.4 Å². The Morgan fingerprint density at radius 2 is 1.84 bits per heavy atom. The minimum absolute atomic E-state index is 0.416. The zero-order chi connectivity index (χ0) is 13.8. The lowest BCUT2D eigenvalue weighted by Gasteiger charge is -2.11. The molecule has 0 spiro atoms. The zero-order valence-electron chi connectivity index (χ0n) is 10.9. The number of thiocarbonyl (C=S) groups is 1. The molecular formula is C15H16N2OS. The summed E-state index contributed by atoms with van der Waals surface area (Å²) in [5.41, 5.74) is 9.63. The van der Waals surface area contributed by atoms with Crippen LogP contribution in [0.3, 0.4) is 0 Å². The number of nitrogens with two attached hydrogens (primary N) is 1. The number of methoxy groups -OCH3 is 1. The summed E-state index contributed by atoms with van der Waals surface area (Å²) in [6, 6.07) is 13.7. The molecule has 0 amide bonds. The standard InChI is InChI=1S/C15H16N2OS/c1-10-9-11(15(16)19)3-8-14(10)17-12-4-6-13(18-2)7-5-12/h3-9,17H,1-2H3,(H2,16,19). The molecule has 0 radical (unpaired) electrons. The van der Waals surface area contributed by atoms with Crippen molar-refractivity contribution in [1.29, 1.82) is 0 Å². The second-order valence-electron chi connectivity index (χ2n) is 4.25. The molecule has 0 saturated carbocycles. The number of rotatable bonds is 4. The predicted octanol–water partition coefficient (Wildman–Crippen LogP) is 3.38. The molecule has 98 valence electrons. The van der Waals surface area contributed by atoms with Gasteiger partial charge in [-0.25, -0.2) is 0 Å². The summed E-state index contributed by atoms with van der Waals surface area (Å²) in [7, 11) is 1.65. The SMILES string of the molecule is COc1ccc(Nc2ccc(C(N)=S)cc2C)cc1. The van der Waals surface area contributed by atoms with Crippen molar-refractivity contribution >= 4 is 28.6 Å². The van der Waals surface area contributed by atoms with E-state index < -0.39 is 0 Å². The van der Waals surface area contributed by atoms with Crippen molar-refractivity contribution in [1.82, 2.24) is 0 Å². The van der Waals surface area contributed by atoms with Gasteiger partial charge in [0.25, 0.3) is 0 Å². The monoisotopic (exact) mass is 272 g/mol. The number of nitrogens with one attached hydrogen (secondary N) is 1. The number of ether oxygens (including phenoxy) is 1. The van der Waals surface area contributed by atoms with Gasteiger partial charge < -0.3 is 15.8 Å². The van der Waals surface area contributed by atoms with Crippen molar-refractivity contribution in [3.63, 3.8) is 0 Å². The van der Waals surface area contributed by atoms with Gasteiger partial charge >= 0.3 is 0 Å². The normalized spacial score (nSPS) is 10.0. The molecule has 0 aliphatic carbocycles. The molecule has 0 atom stereocenters. The topological polar surface area (TPSA) is 47.3 Å². The molecule has 0 heterocycles. The molecule has 19 heavy (non-hydrogen) atoms. The fourth-order valence-corrected chi connectivity index (χ4v) is 1.91. The van der Waals surface area contributed by atoms with Crippen LogP contribution in [0.5, 0.6) is 5.75 Å². The van der Waals surface area contributed by atoms with Crippen LogP contribution in [-0.4, -0.2) is 12.1 Å². The highest BCUT2D eigenvalue weighted by molar-refractivity contribution is 7.80. The molecule has 2 aromatic carbocycles. The smallest absolute Gasteiger partial charge is 0.119 e. The summed E-state index contributed by atoms with van der Waals surface area (Å²) in [5.74, 6) is 0.839. The average Bonchev–Trinajstić information content (AvgIpc) is 2.41. The van der Waals surface area contributed by atoms with Crippen LogP contribution in [0.1, 0.15) is 11.1 Å². The fourth-order valence-electron chi connectivity index (χ4n) is 1.79. The maximum atomic E-state index is 5.61. The van der Waals surface area contributed by atoms with Crippen LogP contribution in [0.15, 0.2) is 42.5 Å². The minimum atomic E-state index is 0.416. The number of hydrogen-bond donors (Lipinski definition) is 2. The van der Waals surface area contributed by atoms with Crippen LogP contribution in [0, 0.1) is 6.92 Å². The van der Waals surface area contributed by atoms with Crippen LogP contribution in [0.4, 0.5) is 11.4 Å². The summed E-state index contributed by atoms with van der Waals surface area (Å²) >= 11 is 4.97. The van der Waals surface area contributed by atoms with Crippen molar-refractivity contribution in [2.24, 2.45) is 5.73 Å². The van der Waals surface area contributed by atoms with Gasteiger partial charge in [0.1, 0.15) is 10.7 Å². The summed E-state index contributed by atoms with van der Waals surface area (Å²) in [6.07, 6.45) is 0. The molecule has 3 N–H and O–H groups in total. The van der Waals surface area contributed by atoms with E-state index in [9.17, 15) is 0 Å². The van der Waals surface area contributed by atoms with E-state index in [1.54, 1.807) is 7.11 Å². The Morgan fingerprint density at radius 3 is 2.37 bits per heavy atom. The van der Waals surface area contributed by atoms with Gasteiger partial charge in [-0.1, -0.05) is 12.2 Å². The van der Waals surface area contributed by atoms with Gasteiger partial charge in [0, 0.05) is 16.9 Å². The lowest BCUT2D eigenvalue weighted by Crippen LogP contribution is -2.09. The molecule has 3 nitrogen and oxygen atoms in total. The highest BCUT2D eigenvalue weighted by Gasteiger charge is 2.02. The van der Waals surface area contributed by atoms with E-state index in [2.05, 4.69) is 5.32 Å². The molecule has 0 aliphatic rings. The molecular weight excluding hydrogens is 256 g/mol. The summed E-state index contributed by atoms with van der Waals surface area (Å²) in [6.45, 7) is 2.02. The van der Waals surface area contributed by atoms with Gasteiger partial charge in [-0.3, -0.25) is 0 Å². The van der Waals surface area contributed by atoms with E-state index in [4.69, 9.17) is 22.7 Å². The van der Waals surface area contributed by atoms with Crippen molar-refractivity contribution in [3.8, 4) is 5.75 Å². The number of anilines is 2.